The smallest absolute Gasteiger partial charge is 0.193 e. The molecule has 3 aromatic heterocycles. The number of nitrogens with zero attached hydrogens (tertiary/aromatic N) is 4. The zero-order valence-electron chi connectivity index (χ0n) is 17.1. The van der Waals surface area contributed by atoms with Crippen molar-refractivity contribution in [2.75, 3.05) is 13.2 Å². The topological polar surface area (TPSA) is 55.2 Å². The lowest BCUT2D eigenvalue weighted by Gasteiger charge is -2.30. The van der Waals surface area contributed by atoms with Crippen LogP contribution in [0.25, 0.3) is 5.13 Å². The van der Waals surface area contributed by atoms with Crippen LogP contribution < -0.4 is 5.32 Å². The van der Waals surface area contributed by atoms with E-state index in [-0.39, 0.29) is 18.2 Å². The molecule has 3 atom stereocenters. The van der Waals surface area contributed by atoms with Gasteiger partial charge in [0.15, 0.2) is 10.2 Å². The quantitative estimate of drug-likeness (QED) is 0.604. The van der Waals surface area contributed by atoms with Crippen LogP contribution in [0.1, 0.15) is 47.6 Å². The molecule has 0 spiro atoms. The number of aromatic nitrogens is 3. The molecule has 6 nitrogen and oxygen atoms in total. The molecule has 2 fully saturated rings. The first kappa shape index (κ1) is 19.7. The van der Waals surface area contributed by atoms with E-state index < -0.39 is 0 Å². The van der Waals surface area contributed by atoms with Crippen molar-refractivity contribution in [3.05, 3.63) is 64.7 Å². The minimum atomic E-state index is -0.00894. The molecule has 30 heavy (non-hydrogen) atoms. The number of aryl methyl sites for hydroxylation is 1. The molecular formula is C22H25N5OS2. The Bertz CT molecular complexity index is 1030. The maximum atomic E-state index is 5.95. The van der Waals surface area contributed by atoms with E-state index in [9.17, 15) is 0 Å². The molecule has 0 saturated carbocycles. The Morgan fingerprint density at radius 2 is 2.17 bits per heavy atom. The number of hydrogen-bond donors (Lipinski definition) is 1. The van der Waals surface area contributed by atoms with Crippen LogP contribution in [0, 0.1) is 13.8 Å². The first-order valence-electron chi connectivity index (χ1n) is 10.3. The van der Waals surface area contributed by atoms with Crippen LogP contribution in [0.5, 0.6) is 0 Å². The fourth-order valence-electron chi connectivity index (χ4n) is 4.66. The Balaban J connectivity index is 1.58. The van der Waals surface area contributed by atoms with Gasteiger partial charge in [-0.05, 0) is 62.7 Å². The predicted molar refractivity (Wildman–Crippen MR) is 122 cm³/mol. The van der Waals surface area contributed by atoms with Gasteiger partial charge in [0.2, 0.25) is 0 Å². The van der Waals surface area contributed by atoms with Crippen molar-refractivity contribution in [3.63, 3.8) is 0 Å². The monoisotopic (exact) mass is 439 g/mol. The van der Waals surface area contributed by atoms with E-state index in [1.54, 1.807) is 11.3 Å². The van der Waals surface area contributed by atoms with E-state index in [1.165, 1.54) is 17.0 Å². The maximum absolute atomic E-state index is 5.95. The molecule has 2 aliphatic heterocycles. The molecular weight excluding hydrogens is 414 g/mol. The first-order valence-corrected chi connectivity index (χ1v) is 11.6. The van der Waals surface area contributed by atoms with Gasteiger partial charge in [-0.3, -0.25) is 9.55 Å². The third-order valence-corrected chi connectivity index (χ3v) is 7.13. The summed E-state index contributed by atoms with van der Waals surface area (Å²) in [5.74, 6) is 0. The highest BCUT2D eigenvalue weighted by Gasteiger charge is 2.42. The third-order valence-electron chi connectivity index (χ3n) is 6.02. The number of pyridine rings is 1. The summed E-state index contributed by atoms with van der Waals surface area (Å²) in [6, 6.07) is 8.37. The number of ether oxygens (including phenoxy) is 1. The van der Waals surface area contributed by atoms with E-state index in [0.717, 1.165) is 41.9 Å². The number of rotatable bonds is 5. The second-order valence-corrected chi connectivity index (χ2v) is 9.15. The van der Waals surface area contributed by atoms with E-state index in [2.05, 4.69) is 50.7 Å². The second-order valence-electron chi connectivity index (χ2n) is 7.89. The molecule has 8 heteroatoms. The van der Waals surface area contributed by atoms with Gasteiger partial charge in [-0.25, -0.2) is 4.98 Å². The minimum absolute atomic E-state index is 0.00894. The molecule has 0 bridgehead atoms. The van der Waals surface area contributed by atoms with E-state index in [1.807, 2.05) is 29.9 Å². The fourth-order valence-corrected chi connectivity index (χ4v) is 5.72. The SMILES string of the molecule is Cc1cc([C@@H]2[C@H](c3ccccn3)NC(=S)N2C[C@@H]2CCCO2)c(C)n1-c1nccs1. The first-order chi connectivity index (χ1) is 14.6. The molecule has 0 unspecified atom stereocenters. The van der Waals surface area contributed by atoms with E-state index in [4.69, 9.17) is 17.0 Å². The second kappa shape index (κ2) is 8.09. The van der Waals surface area contributed by atoms with Crippen LogP contribution in [0.3, 0.4) is 0 Å². The largest absolute Gasteiger partial charge is 0.376 e. The third kappa shape index (κ3) is 3.42. The number of hydrogen-bond acceptors (Lipinski definition) is 5. The summed E-state index contributed by atoms with van der Waals surface area (Å²) in [6.45, 7) is 5.94. The Morgan fingerprint density at radius 1 is 1.27 bits per heavy atom. The van der Waals surface area contributed by atoms with Crippen molar-refractivity contribution in [1.82, 2.24) is 24.8 Å². The van der Waals surface area contributed by atoms with Gasteiger partial charge in [0.05, 0.1) is 23.9 Å². The van der Waals surface area contributed by atoms with E-state index >= 15 is 0 Å². The molecule has 5 rings (SSSR count). The van der Waals surface area contributed by atoms with Crippen molar-refractivity contribution < 1.29 is 4.74 Å². The summed E-state index contributed by atoms with van der Waals surface area (Å²) in [5, 5.41) is 7.32. The number of thiocarbonyl (C=S) groups is 1. The van der Waals surface area contributed by atoms with Crippen LogP contribution in [0.15, 0.2) is 42.0 Å². The van der Waals surface area contributed by atoms with Crippen LogP contribution in [0.4, 0.5) is 0 Å². The minimum Gasteiger partial charge on any atom is -0.376 e. The molecule has 5 heterocycles. The number of nitrogens with one attached hydrogen (secondary N) is 1. The van der Waals surface area contributed by atoms with Gasteiger partial charge in [-0.1, -0.05) is 6.07 Å². The highest BCUT2D eigenvalue weighted by Crippen LogP contribution is 2.42. The molecule has 2 saturated heterocycles. The zero-order valence-corrected chi connectivity index (χ0v) is 18.7. The van der Waals surface area contributed by atoms with Gasteiger partial charge in [0, 0.05) is 42.3 Å². The van der Waals surface area contributed by atoms with Gasteiger partial charge in [-0.2, -0.15) is 0 Å². The summed E-state index contributed by atoms with van der Waals surface area (Å²) in [5.41, 5.74) is 4.62. The molecule has 2 aliphatic rings. The van der Waals surface area contributed by atoms with Crippen LogP contribution in [-0.2, 0) is 4.74 Å². The molecule has 0 aromatic carbocycles. The van der Waals surface area contributed by atoms with Crippen molar-refractivity contribution >= 4 is 28.7 Å². The average molecular weight is 440 g/mol. The van der Waals surface area contributed by atoms with E-state index in [0.29, 0.717) is 0 Å². The standard InChI is InChI=1S/C22H25N5OS2/c1-14-12-17(15(2)27(14)22-24-9-11-30-22)20-19(18-7-3-4-8-23-18)25-21(29)26(20)13-16-6-5-10-28-16/h3-4,7-9,11-12,16,19-20H,5-6,10,13H2,1-2H3,(H,25,29)/t16-,19-,20+/m0/s1. The van der Waals surface area contributed by atoms with Gasteiger partial charge < -0.3 is 15.0 Å². The van der Waals surface area contributed by atoms with Crippen LogP contribution >= 0.6 is 23.6 Å². The number of thiazole rings is 1. The molecule has 0 aliphatic carbocycles. The highest BCUT2D eigenvalue weighted by molar-refractivity contribution is 7.80. The van der Waals surface area contributed by atoms with Gasteiger partial charge >= 0.3 is 0 Å². The Morgan fingerprint density at radius 3 is 2.87 bits per heavy atom. The Hall–Kier alpha value is -2.29. The molecule has 0 amide bonds. The average Bonchev–Trinajstić information content (AvgIpc) is 3.53. The van der Waals surface area contributed by atoms with Gasteiger partial charge in [0.1, 0.15) is 0 Å². The highest BCUT2D eigenvalue weighted by atomic mass is 32.1. The van der Waals surface area contributed by atoms with Crippen LogP contribution in [0.2, 0.25) is 0 Å². The lowest BCUT2D eigenvalue weighted by molar-refractivity contribution is 0.0842. The predicted octanol–water partition coefficient (Wildman–Crippen LogP) is 4.10. The van der Waals surface area contributed by atoms with Crippen molar-refractivity contribution in [2.24, 2.45) is 0 Å². The van der Waals surface area contributed by atoms with Crippen molar-refractivity contribution in [3.8, 4) is 5.13 Å². The zero-order chi connectivity index (χ0) is 20.7. The molecule has 1 N–H and O–H groups in total. The van der Waals surface area contributed by atoms with Gasteiger partial charge in [-0.15, -0.1) is 11.3 Å². The molecule has 0 radical (unpaired) electrons. The van der Waals surface area contributed by atoms with Crippen LogP contribution in [-0.4, -0.2) is 43.8 Å². The lowest BCUT2D eigenvalue weighted by atomic mass is 9.96. The van der Waals surface area contributed by atoms with Crippen molar-refractivity contribution in [2.45, 2.75) is 44.9 Å². The Kier molecular flexibility index (Phi) is 5.30. The Labute approximate surface area is 185 Å². The summed E-state index contributed by atoms with van der Waals surface area (Å²) >= 11 is 7.46. The maximum Gasteiger partial charge on any atom is 0.193 e. The molecule has 3 aromatic rings. The summed E-state index contributed by atoms with van der Waals surface area (Å²) < 4.78 is 8.19. The van der Waals surface area contributed by atoms with Gasteiger partial charge in [0.25, 0.3) is 0 Å². The summed E-state index contributed by atoms with van der Waals surface area (Å²) in [7, 11) is 0. The normalized spacial score (nSPS) is 23.9. The summed E-state index contributed by atoms with van der Waals surface area (Å²) in [6.07, 6.45) is 6.12. The fraction of sp³-hybridized carbons (Fsp3) is 0.409. The van der Waals surface area contributed by atoms with Crippen molar-refractivity contribution in [1.29, 1.82) is 0 Å². The lowest BCUT2D eigenvalue weighted by Crippen LogP contribution is -2.36. The molecule has 156 valence electrons. The summed E-state index contributed by atoms with van der Waals surface area (Å²) in [4.78, 5) is 11.5.